The van der Waals surface area contributed by atoms with Crippen molar-refractivity contribution in [2.24, 2.45) is 0 Å². The molecule has 1 aromatic heterocycles. The van der Waals surface area contributed by atoms with Crippen LogP contribution in [0.15, 0.2) is 34.0 Å². The molecule has 0 unspecified atom stereocenters. The van der Waals surface area contributed by atoms with E-state index in [1.165, 1.54) is 0 Å². The number of hydrogen-bond donors (Lipinski definition) is 1. The third-order valence-corrected chi connectivity index (χ3v) is 4.74. The highest BCUT2D eigenvalue weighted by Crippen LogP contribution is 2.31. The number of ether oxygens (including phenoxy) is 2. The summed E-state index contributed by atoms with van der Waals surface area (Å²) >= 11 is 0. The van der Waals surface area contributed by atoms with Crippen molar-refractivity contribution in [1.82, 2.24) is 0 Å². The van der Waals surface area contributed by atoms with Crippen molar-refractivity contribution in [3.8, 4) is 0 Å². The molecule has 3 rings (SSSR count). The van der Waals surface area contributed by atoms with Gasteiger partial charge in [0.25, 0.3) is 0 Å². The maximum absolute atomic E-state index is 12.7. The molecule has 1 N–H and O–H groups in total. The van der Waals surface area contributed by atoms with Crippen LogP contribution in [0, 0.1) is 6.92 Å². The summed E-state index contributed by atoms with van der Waals surface area (Å²) in [6.45, 7) is 7.95. The van der Waals surface area contributed by atoms with Gasteiger partial charge in [-0.1, -0.05) is 6.58 Å². The third-order valence-electron chi connectivity index (χ3n) is 4.74. The molecule has 2 heterocycles. The van der Waals surface area contributed by atoms with Gasteiger partial charge in [0.15, 0.2) is 5.43 Å². The fraction of sp³-hybridized carbons (Fsp3) is 0.476. The molecule has 0 saturated carbocycles. The smallest absolute Gasteiger partial charge is 0.192 e. The van der Waals surface area contributed by atoms with Gasteiger partial charge in [0.1, 0.15) is 17.1 Å². The van der Waals surface area contributed by atoms with Gasteiger partial charge in [-0.15, -0.1) is 0 Å². The van der Waals surface area contributed by atoms with Crippen molar-refractivity contribution in [3.05, 3.63) is 51.9 Å². The van der Waals surface area contributed by atoms with Crippen LogP contribution in [0.2, 0.25) is 0 Å². The highest BCUT2D eigenvalue weighted by Gasteiger charge is 2.21. The maximum atomic E-state index is 12.7. The van der Waals surface area contributed by atoms with E-state index in [0.717, 1.165) is 30.4 Å². The Labute approximate surface area is 153 Å². The average Bonchev–Trinajstić information content (AvgIpc) is 2.65. The Bertz CT molecular complexity index is 830. The Kier molecular flexibility index (Phi) is 6.12. The molecule has 1 aliphatic rings. The van der Waals surface area contributed by atoms with E-state index in [1.54, 1.807) is 6.07 Å². The lowest BCUT2D eigenvalue weighted by atomic mass is 9.96. The Morgan fingerprint density at radius 2 is 2.04 bits per heavy atom. The molecule has 0 atom stereocenters. The van der Waals surface area contributed by atoms with Gasteiger partial charge in [0.05, 0.1) is 17.6 Å². The third kappa shape index (κ3) is 4.17. The van der Waals surface area contributed by atoms with Gasteiger partial charge in [-0.3, -0.25) is 4.79 Å². The van der Waals surface area contributed by atoms with Crippen LogP contribution in [0.5, 0.6) is 0 Å². The molecule has 0 radical (unpaired) electrons. The number of benzene rings is 1. The highest BCUT2D eigenvalue weighted by molar-refractivity contribution is 5.88. The van der Waals surface area contributed by atoms with Crippen LogP contribution >= 0.6 is 0 Å². The number of rotatable bonds is 7. The highest BCUT2D eigenvalue weighted by atomic mass is 16.5. The van der Waals surface area contributed by atoms with Crippen molar-refractivity contribution < 1.29 is 19.0 Å². The minimum atomic E-state index is -0.0363. The fourth-order valence-corrected chi connectivity index (χ4v) is 3.30. The minimum Gasteiger partial charge on any atom is -0.493 e. The predicted octanol–water partition coefficient (Wildman–Crippen LogP) is 3.76. The number of aliphatic hydroxyl groups excluding tert-OH is 1. The second-order valence-corrected chi connectivity index (χ2v) is 6.79. The van der Waals surface area contributed by atoms with E-state index < -0.39 is 0 Å². The van der Waals surface area contributed by atoms with Gasteiger partial charge in [0.2, 0.25) is 0 Å². The molecule has 1 fully saturated rings. The largest absolute Gasteiger partial charge is 0.493 e. The summed E-state index contributed by atoms with van der Waals surface area (Å²) in [7, 11) is 0. The number of unbranched alkanes of at least 4 members (excludes halogenated alkanes) is 1. The first-order valence-electron chi connectivity index (χ1n) is 9.19. The van der Waals surface area contributed by atoms with Crippen molar-refractivity contribution in [2.75, 3.05) is 26.4 Å². The van der Waals surface area contributed by atoms with Crippen molar-refractivity contribution in [3.63, 3.8) is 0 Å². The number of fused-ring (bicyclic) bond motifs is 1. The van der Waals surface area contributed by atoms with Crippen molar-refractivity contribution in [2.45, 2.75) is 38.5 Å². The summed E-state index contributed by atoms with van der Waals surface area (Å²) in [5, 5.41) is 9.43. The zero-order chi connectivity index (χ0) is 18.5. The van der Waals surface area contributed by atoms with E-state index >= 15 is 0 Å². The normalized spacial score (nSPS) is 15.3. The molecular formula is C21H26O5. The van der Waals surface area contributed by atoms with Gasteiger partial charge in [0, 0.05) is 31.8 Å². The van der Waals surface area contributed by atoms with E-state index in [4.69, 9.17) is 19.0 Å². The molecule has 2 aromatic rings. The Hall–Kier alpha value is -2.11. The number of aliphatic hydroxyl groups is 1. The van der Waals surface area contributed by atoms with Gasteiger partial charge >= 0.3 is 0 Å². The fourth-order valence-electron chi connectivity index (χ4n) is 3.30. The first-order chi connectivity index (χ1) is 12.6. The predicted molar refractivity (Wildman–Crippen MR) is 101 cm³/mol. The van der Waals surface area contributed by atoms with E-state index in [0.29, 0.717) is 48.7 Å². The van der Waals surface area contributed by atoms with Crippen LogP contribution in [0.1, 0.15) is 48.5 Å². The molecule has 5 heteroatoms. The molecular weight excluding hydrogens is 332 g/mol. The summed E-state index contributed by atoms with van der Waals surface area (Å²) in [5.74, 6) is 1.40. The standard InChI is InChI=1S/C21H26O5/c1-14-11-17(15(2)25-8-4-3-7-22)21-18(12-14)19(23)13-20(26-21)16-5-9-24-10-6-16/h11-13,16,22H,2-10H2,1H3. The molecule has 0 bridgehead atoms. The van der Waals surface area contributed by atoms with Crippen molar-refractivity contribution in [1.29, 1.82) is 0 Å². The molecule has 140 valence electrons. The molecule has 0 spiro atoms. The minimum absolute atomic E-state index is 0.0363. The zero-order valence-electron chi connectivity index (χ0n) is 15.3. The molecule has 0 aliphatic carbocycles. The van der Waals surface area contributed by atoms with E-state index in [1.807, 2.05) is 19.1 Å². The lowest BCUT2D eigenvalue weighted by molar-refractivity contribution is 0.0807. The topological polar surface area (TPSA) is 68.9 Å². The summed E-state index contributed by atoms with van der Waals surface area (Å²) in [6.07, 6.45) is 3.14. The monoisotopic (exact) mass is 358 g/mol. The van der Waals surface area contributed by atoms with E-state index in [-0.39, 0.29) is 18.0 Å². The molecule has 1 aliphatic heterocycles. The van der Waals surface area contributed by atoms with Gasteiger partial charge in [-0.2, -0.15) is 0 Å². The molecule has 1 saturated heterocycles. The van der Waals surface area contributed by atoms with Crippen LogP contribution in [0.4, 0.5) is 0 Å². The van der Waals surface area contributed by atoms with Crippen LogP contribution in [-0.4, -0.2) is 31.5 Å². The second-order valence-electron chi connectivity index (χ2n) is 6.79. The maximum Gasteiger partial charge on any atom is 0.192 e. The summed E-state index contributed by atoms with van der Waals surface area (Å²) < 4.78 is 17.3. The summed E-state index contributed by atoms with van der Waals surface area (Å²) in [4.78, 5) is 12.7. The molecule has 5 nitrogen and oxygen atoms in total. The van der Waals surface area contributed by atoms with Crippen molar-refractivity contribution >= 4 is 16.7 Å². The van der Waals surface area contributed by atoms with Gasteiger partial charge < -0.3 is 19.0 Å². The van der Waals surface area contributed by atoms with Crippen LogP contribution in [-0.2, 0) is 9.47 Å². The lowest BCUT2D eigenvalue weighted by Gasteiger charge is -2.21. The number of aryl methyl sites for hydroxylation is 1. The average molecular weight is 358 g/mol. The lowest BCUT2D eigenvalue weighted by Crippen LogP contribution is -2.16. The Morgan fingerprint density at radius 1 is 1.27 bits per heavy atom. The SMILES string of the molecule is C=C(OCCCCO)c1cc(C)cc2c(=O)cc(C3CCOCC3)oc12. The molecule has 0 amide bonds. The summed E-state index contributed by atoms with van der Waals surface area (Å²) in [5.41, 5.74) is 2.18. The van der Waals surface area contributed by atoms with Gasteiger partial charge in [-0.05, 0) is 50.3 Å². The molecule has 1 aromatic carbocycles. The van der Waals surface area contributed by atoms with E-state index in [9.17, 15) is 4.79 Å². The first kappa shape index (κ1) is 18.7. The van der Waals surface area contributed by atoms with Crippen LogP contribution in [0.25, 0.3) is 16.7 Å². The zero-order valence-corrected chi connectivity index (χ0v) is 15.3. The molecule has 26 heavy (non-hydrogen) atoms. The summed E-state index contributed by atoms with van der Waals surface area (Å²) in [6, 6.07) is 5.40. The van der Waals surface area contributed by atoms with E-state index in [2.05, 4.69) is 6.58 Å². The number of hydrogen-bond acceptors (Lipinski definition) is 5. The van der Waals surface area contributed by atoms with Gasteiger partial charge in [-0.25, -0.2) is 0 Å². The first-order valence-corrected chi connectivity index (χ1v) is 9.19. The Morgan fingerprint density at radius 3 is 2.77 bits per heavy atom. The quantitative estimate of drug-likeness (QED) is 0.603. The van der Waals surface area contributed by atoms with Crippen LogP contribution < -0.4 is 5.43 Å². The Balaban J connectivity index is 1.97. The second kappa shape index (κ2) is 8.52. The van der Waals surface area contributed by atoms with Crippen LogP contribution in [0.3, 0.4) is 0 Å².